The van der Waals surface area contributed by atoms with Crippen LogP contribution in [0, 0.1) is 0 Å². The highest BCUT2D eigenvalue weighted by Crippen LogP contribution is 2.25. The molecule has 19 heavy (non-hydrogen) atoms. The van der Waals surface area contributed by atoms with Gasteiger partial charge in [0.05, 0.1) is 6.61 Å². The van der Waals surface area contributed by atoms with Crippen molar-refractivity contribution in [1.82, 2.24) is 4.90 Å². The van der Waals surface area contributed by atoms with Gasteiger partial charge in [0, 0.05) is 42.9 Å². The number of benzene rings is 1. The predicted molar refractivity (Wildman–Crippen MR) is 80.9 cm³/mol. The second kappa shape index (κ2) is 6.60. The maximum absolute atomic E-state index is 9.14. The molecule has 0 bridgehead atoms. The molecular weight excluding hydrogens is 260 g/mol. The van der Waals surface area contributed by atoms with E-state index in [1.807, 2.05) is 12.1 Å². The Hall–Kier alpha value is -0.770. The van der Waals surface area contributed by atoms with Crippen LogP contribution in [0.3, 0.4) is 0 Å². The number of anilines is 1. The van der Waals surface area contributed by atoms with E-state index in [9.17, 15) is 0 Å². The van der Waals surface area contributed by atoms with Crippen LogP contribution in [0.4, 0.5) is 5.69 Å². The molecule has 1 aromatic rings. The van der Waals surface area contributed by atoms with Crippen LogP contribution in [-0.2, 0) is 6.61 Å². The van der Waals surface area contributed by atoms with Gasteiger partial charge in [-0.05, 0) is 31.0 Å². The van der Waals surface area contributed by atoms with E-state index >= 15 is 0 Å². The molecule has 0 spiro atoms. The van der Waals surface area contributed by atoms with E-state index in [0.29, 0.717) is 11.1 Å². The van der Waals surface area contributed by atoms with Crippen LogP contribution in [-0.4, -0.2) is 42.2 Å². The molecule has 2 rings (SSSR count). The Morgan fingerprint density at radius 3 is 2.47 bits per heavy atom. The van der Waals surface area contributed by atoms with Crippen LogP contribution in [0.15, 0.2) is 18.2 Å². The summed E-state index contributed by atoms with van der Waals surface area (Å²) in [6.07, 6.45) is 1.21. The van der Waals surface area contributed by atoms with Crippen molar-refractivity contribution >= 4 is 17.3 Å². The summed E-state index contributed by atoms with van der Waals surface area (Å²) in [7, 11) is 0. The second-order valence-electron chi connectivity index (χ2n) is 5.21. The first-order chi connectivity index (χ1) is 9.15. The fourth-order valence-electron chi connectivity index (χ4n) is 2.54. The molecule has 0 saturated carbocycles. The molecule has 0 aliphatic carbocycles. The number of aliphatic hydroxyl groups excluding tert-OH is 1. The summed E-state index contributed by atoms with van der Waals surface area (Å²) < 4.78 is 0. The van der Waals surface area contributed by atoms with Gasteiger partial charge in [0.2, 0.25) is 0 Å². The van der Waals surface area contributed by atoms with Gasteiger partial charge >= 0.3 is 0 Å². The fraction of sp³-hybridized carbons (Fsp3) is 0.600. The molecular formula is C15H23ClN2O. The first-order valence-electron chi connectivity index (χ1n) is 7.04. The van der Waals surface area contributed by atoms with Crippen LogP contribution < -0.4 is 4.90 Å². The SMILES string of the molecule is CCC(C)N1CCN(c2ccc(CO)c(Cl)c2)CC1. The van der Waals surface area contributed by atoms with Gasteiger partial charge in [-0.1, -0.05) is 24.6 Å². The molecule has 1 N–H and O–H groups in total. The maximum Gasteiger partial charge on any atom is 0.0696 e. The average molecular weight is 283 g/mol. The van der Waals surface area contributed by atoms with Crippen LogP contribution >= 0.6 is 11.6 Å². The standard InChI is InChI=1S/C15H23ClN2O/c1-3-12(2)17-6-8-18(9-7-17)14-5-4-13(11-19)15(16)10-14/h4-5,10,12,19H,3,6-9,11H2,1-2H3. The van der Waals surface area contributed by atoms with Crippen LogP contribution in [0.1, 0.15) is 25.8 Å². The minimum Gasteiger partial charge on any atom is -0.392 e. The molecule has 1 aliphatic rings. The molecule has 1 atom stereocenters. The monoisotopic (exact) mass is 282 g/mol. The molecule has 4 heteroatoms. The van der Waals surface area contributed by atoms with E-state index < -0.39 is 0 Å². The molecule has 1 fully saturated rings. The lowest BCUT2D eigenvalue weighted by Gasteiger charge is -2.39. The van der Waals surface area contributed by atoms with E-state index in [-0.39, 0.29) is 6.61 Å². The van der Waals surface area contributed by atoms with Crippen molar-refractivity contribution in [3.05, 3.63) is 28.8 Å². The Kier molecular flexibility index (Phi) is 5.08. The van der Waals surface area contributed by atoms with Crippen molar-refractivity contribution in [2.45, 2.75) is 32.9 Å². The highest BCUT2D eigenvalue weighted by atomic mass is 35.5. The van der Waals surface area contributed by atoms with Gasteiger partial charge in [0.25, 0.3) is 0 Å². The Morgan fingerprint density at radius 1 is 1.26 bits per heavy atom. The molecule has 3 nitrogen and oxygen atoms in total. The molecule has 1 aliphatic heterocycles. The number of hydrogen-bond donors (Lipinski definition) is 1. The highest BCUT2D eigenvalue weighted by Gasteiger charge is 2.20. The predicted octanol–water partition coefficient (Wildman–Crippen LogP) is 2.75. The van der Waals surface area contributed by atoms with Crippen molar-refractivity contribution in [2.75, 3.05) is 31.1 Å². The number of aliphatic hydroxyl groups is 1. The van der Waals surface area contributed by atoms with E-state index in [1.54, 1.807) is 0 Å². The summed E-state index contributed by atoms with van der Waals surface area (Å²) in [4.78, 5) is 4.91. The number of rotatable bonds is 4. The topological polar surface area (TPSA) is 26.7 Å². The quantitative estimate of drug-likeness (QED) is 0.920. The fourth-order valence-corrected chi connectivity index (χ4v) is 2.77. The zero-order chi connectivity index (χ0) is 13.8. The number of halogens is 1. The molecule has 0 amide bonds. The highest BCUT2D eigenvalue weighted by molar-refractivity contribution is 6.31. The molecule has 1 heterocycles. The summed E-state index contributed by atoms with van der Waals surface area (Å²) >= 11 is 6.15. The number of piperazine rings is 1. The Bertz CT molecular complexity index is 417. The lowest BCUT2D eigenvalue weighted by molar-refractivity contribution is 0.193. The Labute approximate surface area is 120 Å². The van der Waals surface area contributed by atoms with Gasteiger partial charge in [-0.2, -0.15) is 0 Å². The molecule has 1 saturated heterocycles. The second-order valence-corrected chi connectivity index (χ2v) is 5.62. The van der Waals surface area contributed by atoms with Gasteiger partial charge in [0.1, 0.15) is 0 Å². The van der Waals surface area contributed by atoms with Gasteiger partial charge in [-0.25, -0.2) is 0 Å². The third kappa shape index (κ3) is 3.41. The number of hydrogen-bond acceptors (Lipinski definition) is 3. The van der Waals surface area contributed by atoms with Crippen molar-refractivity contribution in [1.29, 1.82) is 0 Å². The van der Waals surface area contributed by atoms with Crippen molar-refractivity contribution in [2.24, 2.45) is 0 Å². The molecule has 0 aromatic heterocycles. The lowest BCUT2D eigenvalue weighted by Crippen LogP contribution is -2.49. The lowest BCUT2D eigenvalue weighted by atomic mass is 10.1. The van der Waals surface area contributed by atoms with Crippen molar-refractivity contribution in [3.63, 3.8) is 0 Å². The molecule has 0 radical (unpaired) electrons. The smallest absolute Gasteiger partial charge is 0.0696 e. The van der Waals surface area contributed by atoms with Crippen molar-refractivity contribution < 1.29 is 5.11 Å². The summed E-state index contributed by atoms with van der Waals surface area (Å²) in [5, 5.41) is 9.79. The minimum absolute atomic E-state index is 0.000899. The van der Waals surface area contributed by atoms with Crippen LogP contribution in [0.25, 0.3) is 0 Å². The first-order valence-corrected chi connectivity index (χ1v) is 7.41. The normalized spacial score (nSPS) is 18.6. The third-order valence-electron chi connectivity index (χ3n) is 4.10. The van der Waals surface area contributed by atoms with Gasteiger partial charge in [-0.3, -0.25) is 4.90 Å². The summed E-state index contributed by atoms with van der Waals surface area (Å²) in [5.74, 6) is 0. The Morgan fingerprint density at radius 2 is 1.95 bits per heavy atom. The summed E-state index contributed by atoms with van der Waals surface area (Å²) in [6, 6.07) is 6.60. The van der Waals surface area contributed by atoms with Crippen LogP contribution in [0.5, 0.6) is 0 Å². The summed E-state index contributed by atoms with van der Waals surface area (Å²) in [5.41, 5.74) is 1.95. The molecule has 1 unspecified atom stereocenters. The molecule has 1 aromatic carbocycles. The van der Waals surface area contributed by atoms with E-state index in [2.05, 4.69) is 29.7 Å². The van der Waals surface area contributed by atoms with Gasteiger partial charge in [0.15, 0.2) is 0 Å². The average Bonchev–Trinajstić information content (AvgIpc) is 2.46. The zero-order valence-electron chi connectivity index (χ0n) is 11.8. The van der Waals surface area contributed by atoms with E-state index in [0.717, 1.165) is 37.4 Å². The zero-order valence-corrected chi connectivity index (χ0v) is 12.5. The molecule has 106 valence electrons. The van der Waals surface area contributed by atoms with E-state index in [4.69, 9.17) is 16.7 Å². The minimum atomic E-state index is 0.000899. The largest absolute Gasteiger partial charge is 0.392 e. The number of nitrogens with zero attached hydrogens (tertiary/aromatic N) is 2. The van der Waals surface area contributed by atoms with Crippen LogP contribution in [0.2, 0.25) is 5.02 Å². The maximum atomic E-state index is 9.14. The van der Waals surface area contributed by atoms with Crippen molar-refractivity contribution in [3.8, 4) is 0 Å². The summed E-state index contributed by atoms with van der Waals surface area (Å²) in [6.45, 7) is 8.83. The van der Waals surface area contributed by atoms with Gasteiger partial charge in [-0.15, -0.1) is 0 Å². The third-order valence-corrected chi connectivity index (χ3v) is 4.45. The Balaban J connectivity index is 1.99. The van der Waals surface area contributed by atoms with E-state index in [1.165, 1.54) is 6.42 Å². The first kappa shape index (κ1) is 14.6. The van der Waals surface area contributed by atoms with Gasteiger partial charge < -0.3 is 10.0 Å².